The molecule has 2 aromatic rings. The van der Waals surface area contributed by atoms with Gasteiger partial charge in [0.15, 0.2) is 5.82 Å². The van der Waals surface area contributed by atoms with Crippen LogP contribution in [0.5, 0.6) is 0 Å². The van der Waals surface area contributed by atoms with Crippen molar-refractivity contribution >= 4 is 5.82 Å². The Morgan fingerprint density at radius 2 is 1.68 bits per heavy atom. The summed E-state index contributed by atoms with van der Waals surface area (Å²) in [4.78, 5) is 2.26. The zero-order chi connectivity index (χ0) is 13.1. The van der Waals surface area contributed by atoms with Gasteiger partial charge in [0.1, 0.15) is 0 Å². The summed E-state index contributed by atoms with van der Waals surface area (Å²) < 4.78 is 0. The van der Waals surface area contributed by atoms with Crippen molar-refractivity contribution in [2.75, 3.05) is 18.0 Å². The Morgan fingerprint density at radius 3 is 2.32 bits per heavy atom. The lowest BCUT2D eigenvalue weighted by Crippen LogP contribution is -2.40. The highest BCUT2D eigenvalue weighted by molar-refractivity contribution is 5.59. The van der Waals surface area contributed by atoms with E-state index in [1.165, 1.54) is 0 Å². The lowest BCUT2D eigenvalue weighted by atomic mass is 10.1. The minimum absolute atomic E-state index is 0.341. The van der Waals surface area contributed by atoms with Crippen LogP contribution >= 0.6 is 0 Å². The molecule has 0 amide bonds. The highest BCUT2D eigenvalue weighted by Crippen LogP contribution is 2.20. The van der Waals surface area contributed by atoms with Gasteiger partial charge in [0.05, 0.1) is 5.69 Å². The topological polar surface area (TPSA) is 55.0 Å². The molecule has 1 aliphatic rings. The first-order chi connectivity index (χ1) is 9.33. The number of piperidine rings is 1. The largest absolute Gasteiger partial charge is 0.355 e. The predicted molar refractivity (Wildman–Crippen MR) is 76.9 cm³/mol. The fourth-order valence-electron chi connectivity index (χ4n) is 2.39. The van der Waals surface area contributed by atoms with Crippen molar-refractivity contribution in [1.29, 1.82) is 0 Å². The van der Waals surface area contributed by atoms with E-state index in [9.17, 15) is 0 Å². The molecular weight excluding hydrogens is 236 g/mol. The van der Waals surface area contributed by atoms with Crippen LogP contribution in [0.1, 0.15) is 12.8 Å². The van der Waals surface area contributed by atoms with E-state index in [0.29, 0.717) is 6.04 Å². The highest BCUT2D eigenvalue weighted by Gasteiger charge is 2.17. The molecule has 4 nitrogen and oxygen atoms in total. The van der Waals surface area contributed by atoms with Crippen molar-refractivity contribution in [3.8, 4) is 11.3 Å². The van der Waals surface area contributed by atoms with Crippen molar-refractivity contribution in [1.82, 2.24) is 10.2 Å². The first-order valence-corrected chi connectivity index (χ1v) is 6.72. The molecule has 1 aliphatic heterocycles. The van der Waals surface area contributed by atoms with Crippen LogP contribution in [-0.4, -0.2) is 29.3 Å². The van der Waals surface area contributed by atoms with Gasteiger partial charge in [-0.2, -0.15) is 0 Å². The second-order valence-corrected chi connectivity index (χ2v) is 4.97. The van der Waals surface area contributed by atoms with Crippen molar-refractivity contribution in [3.05, 3.63) is 42.5 Å². The molecule has 19 heavy (non-hydrogen) atoms. The second kappa shape index (κ2) is 5.36. The van der Waals surface area contributed by atoms with Crippen molar-refractivity contribution in [2.45, 2.75) is 18.9 Å². The molecule has 4 heteroatoms. The minimum Gasteiger partial charge on any atom is -0.355 e. The van der Waals surface area contributed by atoms with Gasteiger partial charge in [0.2, 0.25) is 0 Å². The normalized spacial score (nSPS) is 16.6. The molecule has 2 heterocycles. The minimum atomic E-state index is 0.341. The third kappa shape index (κ3) is 2.74. The Hall–Kier alpha value is -1.94. The number of rotatable bonds is 2. The molecule has 0 unspecified atom stereocenters. The van der Waals surface area contributed by atoms with Crippen LogP contribution in [0.3, 0.4) is 0 Å². The first-order valence-electron chi connectivity index (χ1n) is 6.72. The molecule has 0 spiro atoms. The Labute approximate surface area is 113 Å². The molecule has 0 saturated carbocycles. The molecule has 0 radical (unpaired) electrons. The van der Waals surface area contributed by atoms with Gasteiger partial charge in [0.25, 0.3) is 0 Å². The molecule has 1 fully saturated rings. The smallest absolute Gasteiger partial charge is 0.151 e. The fraction of sp³-hybridized carbons (Fsp3) is 0.333. The maximum atomic E-state index is 5.91. The predicted octanol–water partition coefficient (Wildman–Crippen LogP) is 2.07. The standard InChI is InChI=1S/C15H18N4/c16-13-8-10-19(11-9-13)15-7-6-14(17-18-15)12-4-2-1-3-5-12/h1-7,13H,8-11,16H2. The second-order valence-electron chi connectivity index (χ2n) is 4.97. The van der Waals surface area contributed by atoms with Crippen LogP contribution in [0.2, 0.25) is 0 Å². The monoisotopic (exact) mass is 254 g/mol. The van der Waals surface area contributed by atoms with Gasteiger partial charge in [-0.1, -0.05) is 30.3 Å². The zero-order valence-corrected chi connectivity index (χ0v) is 10.9. The molecule has 98 valence electrons. The summed E-state index contributed by atoms with van der Waals surface area (Å²) in [5, 5.41) is 8.66. The van der Waals surface area contributed by atoms with E-state index in [2.05, 4.69) is 15.1 Å². The average molecular weight is 254 g/mol. The molecule has 1 aromatic carbocycles. The molecule has 2 N–H and O–H groups in total. The lowest BCUT2D eigenvalue weighted by Gasteiger charge is -2.30. The van der Waals surface area contributed by atoms with Crippen molar-refractivity contribution in [3.63, 3.8) is 0 Å². The first kappa shape index (κ1) is 12.1. The Morgan fingerprint density at radius 1 is 0.947 bits per heavy atom. The average Bonchev–Trinajstić information content (AvgIpc) is 2.49. The van der Waals surface area contributed by atoms with E-state index in [1.54, 1.807) is 0 Å². The van der Waals surface area contributed by atoms with Gasteiger partial charge >= 0.3 is 0 Å². The summed E-state index contributed by atoms with van der Waals surface area (Å²) in [6.45, 7) is 1.95. The summed E-state index contributed by atoms with van der Waals surface area (Å²) in [5.74, 6) is 0.951. The van der Waals surface area contributed by atoms with E-state index >= 15 is 0 Å². The molecule has 0 aliphatic carbocycles. The summed E-state index contributed by atoms with van der Waals surface area (Å²) in [5.41, 5.74) is 7.93. The number of nitrogens with zero attached hydrogens (tertiary/aromatic N) is 3. The van der Waals surface area contributed by atoms with Crippen LogP contribution in [0.4, 0.5) is 5.82 Å². The molecule has 0 atom stereocenters. The van der Waals surface area contributed by atoms with Crippen LogP contribution < -0.4 is 10.6 Å². The van der Waals surface area contributed by atoms with Gasteiger partial charge in [-0.05, 0) is 25.0 Å². The number of hydrogen-bond acceptors (Lipinski definition) is 4. The summed E-state index contributed by atoms with van der Waals surface area (Å²) in [6.07, 6.45) is 2.06. The highest BCUT2D eigenvalue weighted by atomic mass is 15.3. The quantitative estimate of drug-likeness (QED) is 0.891. The van der Waals surface area contributed by atoms with Crippen LogP contribution in [0.15, 0.2) is 42.5 Å². The van der Waals surface area contributed by atoms with E-state index in [0.717, 1.165) is 43.0 Å². The Kier molecular flexibility index (Phi) is 3.42. The Bertz CT molecular complexity index is 516. The number of anilines is 1. The number of benzene rings is 1. The van der Waals surface area contributed by atoms with E-state index in [1.807, 2.05) is 42.5 Å². The van der Waals surface area contributed by atoms with Crippen molar-refractivity contribution in [2.24, 2.45) is 5.73 Å². The van der Waals surface area contributed by atoms with Crippen LogP contribution in [-0.2, 0) is 0 Å². The van der Waals surface area contributed by atoms with Gasteiger partial charge in [-0.3, -0.25) is 0 Å². The molecule has 3 rings (SSSR count). The van der Waals surface area contributed by atoms with Gasteiger partial charge < -0.3 is 10.6 Å². The van der Waals surface area contributed by atoms with Crippen LogP contribution in [0.25, 0.3) is 11.3 Å². The summed E-state index contributed by atoms with van der Waals surface area (Å²) in [7, 11) is 0. The summed E-state index contributed by atoms with van der Waals surface area (Å²) in [6, 6.07) is 14.5. The van der Waals surface area contributed by atoms with E-state index in [4.69, 9.17) is 5.73 Å². The SMILES string of the molecule is NC1CCN(c2ccc(-c3ccccc3)nn2)CC1. The maximum absolute atomic E-state index is 5.91. The molecular formula is C15H18N4. The number of nitrogens with two attached hydrogens (primary N) is 1. The van der Waals surface area contributed by atoms with E-state index in [-0.39, 0.29) is 0 Å². The van der Waals surface area contributed by atoms with Gasteiger partial charge in [-0.25, -0.2) is 0 Å². The molecule has 0 bridgehead atoms. The third-order valence-corrected chi connectivity index (χ3v) is 3.58. The molecule has 1 saturated heterocycles. The lowest BCUT2D eigenvalue weighted by molar-refractivity contribution is 0.497. The fourth-order valence-corrected chi connectivity index (χ4v) is 2.39. The number of hydrogen-bond donors (Lipinski definition) is 1. The zero-order valence-electron chi connectivity index (χ0n) is 10.9. The maximum Gasteiger partial charge on any atom is 0.151 e. The van der Waals surface area contributed by atoms with Gasteiger partial charge in [-0.15, -0.1) is 10.2 Å². The summed E-state index contributed by atoms with van der Waals surface area (Å²) >= 11 is 0. The van der Waals surface area contributed by atoms with Crippen molar-refractivity contribution < 1.29 is 0 Å². The Balaban J connectivity index is 1.76. The number of aromatic nitrogens is 2. The third-order valence-electron chi connectivity index (χ3n) is 3.58. The van der Waals surface area contributed by atoms with Gasteiger partial charge in [0, 0.05) is 24.7 Å². The van der Waals surface area contributed by atoms with Crippen LogP contribution in [0, 0.1) is 0 Å². The van der Waals surface area contributed by atoms with E-state index < -0.39 is 0 Å². The molecule has 1 aromatic heterocycles.